The number of benzene rings is 2. The molecule has 1 amide bonds. The summed E-state index contributed by atoms with van der Waals surface area (Å²) in [6.07, 6.45) is -1.37. The Bertz CT molecular complexity index is 744. The maximum atomic E-state index is 11.6. The molecule has 0 bridgehead atoms. The molecule has 2 N–H and O–H groups in total. The molecule has 5 nitrogen and oxygen atoms in total. The van der Waals surface area contributed by atoms with Crippen LogP contribution in [-0.2, 0) is 9.05 Å². The molecule has 2 aromatic rings. The molecule has 0 fully saturated rings. The van der Waals surface area contributed by atoms with Crippen LogP contribution in [0.25, 0.3) is 11.1 Å². The first-order valence-corrected chi connectivity index (χ1v) is 7.83. The molecule has 0 aromatic heterocycles. The molecule has 0 aliphatic rings. The molecule has 104 valence electrons. The molecule has 20 heavy (non-hydrogen) atoms. The van der Waals surface area contributed by atoms with Gasteiger partial charge in [-0.1, -0.05) is 42.5 Å². The molecule has 2 rings (SSSR count). The number of hydrogen-bond acceptors (Lipinski definition) is 3. The number of amides is 1. The summed E-state index contributed by atoms with van der Waals surface area (Å²) in [6.45, 7) is 0. The van der Waals surface area contributed by atoms with Gasteiger partial charge in [-0.05, 0) is 11.6 Å². The van der Waals surface area contributed by atoms with Crippen LogP contribution < -0.4 is 5.32 Å². The predicted octanol–water partition coefficient (Wildman–Crippen LogP) is 3.37. The fourth-order valence-electron chi connectivity index (χ4n) is 1.83. The van der Waals surface area contributed by atoms with Gasteiger partial charge in [-0.15, -0.1) is 0 Å². The Morgan fingerprint density at radius 2 is 1.70 bits per heavy atom. The highest BCUT2D eigenvalue weighted by Crippen LogP contribution is 2.34. The molecule has 7 heteroatoms. The van der Waals surface area contributed by atoms with Crippen molar-refractivity contribution in [2.24, 2.45) is 0 Å². The van der Waals surface area contributed by atoms with Crippen LogP contribution in [0.15, 0.2) is 53.4 Å². The highest BCUT2D eigenvalue weighted by Gasteiger charge is 2.20. The lowest BCUT2D eigenvalue weighted by Gasteiger charge is -2.12. The molecule has 0 unspecified atom stereocenters. The van der Waals surface area contributed by atoms with E-state index >= 15 is 0 Å². The fourth-order valence-corrected chi connectivity index (χ4v) is 2.86. The largest absolute Gasteiger partial charge is 0.465 e. The Hall–Kier alpha value is -2.05. The summed E-state index contributed by atoms with van der Waals surface area (Å²) in [5, 5.41) is 11.0. The lowest BCUT2D eigenvalue weighted by molar-refractivity contribution is 0.209. The van der Waals surface area contributed by atoms with E-state index < -0.39 is 15.1 Å². The molecule has 0 saturated heterocycles. The van der Waals surface area contributed by atoms with Gasteiger partial charge >= 0.3 is 6.09 Å². The van der Waals surface area contributed by atoms with Gasteiger partial charge < -0.3 is 5.11 Å². The van der Waals surface area contributed by atoms with Crippen molar-refractivity contribution < 1.29 is 18.3 Å². The zero-order chi connectivity index (χ0) is 14.8. The van der Waals surface area contributed by atoms with Gasteiger partial charge in [0, 0.05) is 16.2 Å². The zero-order valence-electron chi connectivity index (χ0n) is 10.1. The van der Waals surface area contributed by atoms with Crippen molar-refractivity contribution >= 4 is 31.5 Å². The van der Waals surface area contributed by atoms with Gasteiger partial charge in [0.15, 0.2) is 0 Å². The quantitative estimate of drug-likeness (QED) is 0.851. The minimum absolute atomic E-state index is 0.0544. The average Bonchev–Trinajstić information content (AvgIpc) is 2.38. The minimum Gasteiger partial charge on any atom is -0.465 e. The summed E-state index contributed by atoms with van der Waals surface area (Å²) < 4.78 is 23.1. The van der Waals surface area contributed by atoms with Crippen molar-refractivity contribution in [2.75, 3.05) is 5.32 Å². The first-order valence-electron chi connectivity index (χ1n) is 5.52. The fraction of sp³-hybridized carbons (Fsp3) is 0. The van der Waals surface area contributed by atoms with Crippen molar-refractivity contribution in [2.45, 2.75) is 4.90 Å². The highest BCUT2D eigenvalue weighted by molar-refractivity contribution is 8.13. The van der Waals surface area contributed by atoms with Crippen LogP contribution in [0.4, 0.5) is 10.5 Å². The van der Waals surface area contributed by atoms with Crippen molar-refractivity contribution in [1.29, 1.82) is 0 Å². The smallest absolute Gasteiger partial charge is 0.409 e. The Kier molecular flexibility index (Phi) is 3.96. The lowest BCUT2D eigenvalue weighted by atomic mass is 10.0. The molecule has 0 spiro atoms. The number of para-hydroxylation sites is 1. The van der Waals surface area contributed by atoms with E-state index in [0.717, 1.165) is 0 Å². The lowest BCUT2D eigenvalue weighted by Crippen LogP contribution is -2.11. The summed E-state index contributed by atoms with van der Waals surface area (Å²) in [4.78, 5) is 10.6. The minimum atomic E-state index is -4.06. The second-order valence-electron chi connectivity index (χ2n) is 3.91. The molecule has 2 aromatic carbocycles. The van der Waals surface area contributed by atoms with Crippen LogP contribution in [0.2, 0.25) is 0 Å². The number of carbonyl (C=O) groups is 1. The maximum Gasteiger partial charge on any atom is 0.409 e. The summed E-state index contributed by atoms with van der Waals surface area (Å²) >= 11 is 0. The summed E-state index contributed by atoms with van der Waals surface area (Å²) in [5.41, 5.74) is 1.06. The Balaban J connectivity index is 2.72. The molecule has 0 radical (unpaired) electrons. The third-order valence-corrected chi connectivity index (χ3v) is 3.97. The van der Waals surface area contributed by atoms with E-state index in [4.69, 9.17) is 15.8 Å². The average molecular weight is 312 g/mol. The number of carboxylic acid groups (broad SMARTS) is 1. The Morgan fingerprint density at radius 1 is 1.05 bits per heavy atom. The second-order valence-corrected chi connectivity index (χ2v) is 6.45. The van der Waals surface area contributed by atoms with Gasteiger partial charge in [-0.3, -0.25) is 5.32 Å². The summed E-state index contributed by atoms with van der Waals surface area (Å²) in [5.74, 6) is 0. The Morgan fingerprint density at radius 3 is 2.25 bits per heavy atom. The van der Waals surface area contributed by atoms with E-state index in [9.17, 15) is 13.2 Å². The standard InChI is InChI=1S/C13H10ClNO4S/c14-20(18,19)11-8-4-7-10(12(11)15-13(16)17)9-5-2-1-3-6-9/h1-8,15H,(H,16,17). The van der Waals surface area contributed by atoms with E-state index in [1.165, 1.54) is 12.1 Å². The van der Waals surface area contributed by atoms with E-state index in [1.54, 1.807) is 36.4 Å². The number of hydrogen-bond donors (Lipinski definition) is 2. The summed E-state index contributed by atoms with van der Waals surface area (Å²) in [7, 11) is 1.28. The first kappa shape index (κ1) is 14.4. The third-order valence-electron chi connectivity index (χ3n) is 2.61. The SMILES string of the molecule is O=C(O)Nc1c(-c2ccccc2)cccc1S(=O)(=O)Cl. The van der Waals surface area contributed by atoms with Gasteiger partial charge in [-0.2, -0.15) is 0 Å². The van der Waals surface area contributed by atoms with Gasteiger partial charge in [-0.25, -0.2) is 13.2 Å². The van der Waals surface area contributed by atoms with Crippen LogP contribution in [0.1, 0.15) is 0 Å². The maximum absolute atomic E-state index is 11.6. The van der Waals surface area contributed by atoms with Gasteiger partial charge in [0.2, 0.25) is 0 Å². The van der Waals surface area contributed by atoms with Crippen LogP contribution in [0.5, 0.6) is 0 Å². The molecule has 0 saturated carbocycles. The van der Waals surface area contributed by atoms with Crippen LogP contribution >= 0.6 is 10.7 Å². The number of rotatable bonds is 3. The van der Waals surface area contributed by atoms with Gasteiger partial charge in [0.1, 0.15) is 4.90 Å². The van der Waals surface area contributed by atoms with Crippen molar-refractivity contribution in [3.05, 3.63) is 48.5 Å². The van der Waals surface area contributed by atoms with Gasteiger partial charge in [0.25, 0.3) is 9.05 Å². The first-order chi connectivity index (χ1) is 9.39. The van der Waals surface area contributed by atoms with Crippen molar-refractivity contribution in [3.63, 3.8) is 0 Å². The number of nitrogens with one attached hydrogen (secondary N) is 1. The predicted molar refractivity (Wildman–Crippen MR) is 76.6 cm³/mol. The molecular formula is C13H10ClNO4S. The highest BCUT2D eigenvalue weighted by atomic mass is 35.7. The normalized spacial score (nSPS) is 11.1. The van der Waals surface area contributed by atoms with E-state index in [0.29, 0.717) is 11.1 Å². The van der Waals surface area contributed by atoms with E-state index in [1.807, 2.05) is 0 Å². The third kappa shape index (κ3) is 3.09. The molecule has 0 aliphatic heterocycles. The molecule has 0 aliphatic carbocycles. The van der Waals surface area contributed by atoms with Crippen molar-refractivity contribution in [1.82, 2.24) is 0 Å². The number of anilines is 1. The van der Waals surface area contributed by atoms with Crippen molar-refractivity contribution in [3.8, 4) is 11.1 Å². The zero-order valence-corrected chi connectivity index (χ0v) is 11.6. The summed E-state index contributed by atoms with van der Waals surface area (Å²) in [6, 6.07) is 13.2. The van der Waals surface area contributed by atoms with Gasteiger partial charge in [0.05, 0.1) is 5.69 Å². The van der Waals surface area contributed by atoms with Crippen LogP contribution in [0, 0.1) is 0 Å². The number of halogens is 1. The van der Waals surface area contributed by atoms with Crippen LogP contribution in [-0.4, -0.2) is 19.6 Å². The van der Waals surface area contributed by atoms with E-state index in [-0.39, 0.29) is 10.6 Å². The molecular weight excluding hydrogens is 302 g/mol. The second kappa shape index (κ2) is 5.52. The Labute approximate surface area is 120 Å². The molecule has 0 heterocycles. The topological polar surface area (TPSA) is 83.5 Å². The van der Waals surface area contributed by atoms with E-state index in [2.05, 4.69) is 5.32 Å². The molecule has 0 atom stereocenters. The van der Waals surface area contributed by atoms with Crippen LogP contribution in [0.3, 0.4) is 0 Å². The monoisotopic (exact) mass is 311 g/mol.